The molecule has 0 heterocycles. The maximum atomic E-state index is 12.3. The van der Waals surface area contributed by atoms with Gasteiger partial charge in [-0.1, -0.05) is 18.2 Å². The van der Waals surface area contributed by atoms with Crippen LogP contribution in [0.15, 0.2) is 66.4 Å². The first-order chi connectivity index (χ1) is 12.7. The highest BCUT2D eigenvalue weighted by Gasteiger charge is 2.13. The predicted molar refractivity (Wildman–Crippen MR) is 103 cm³/mol. The fourth-order valence-corrected chi connectivity index (χ4v) is 2.30. The number of carbonyl (C=O) groups excluding carboxylic acids is 1. The molecule has 2 aromatic carbocycles. The summed E-state index contributed by atoms with van der Waals surface area (Å²) in [5.74, 6) is -0.417. The Morgan fingerprint density at radius 3 is 2.46 bits per heavy atom. The van der Waals surface area contributed by atoms with E-state index < -0.39 is 5.91 Å². The van der Waals surface area contributed by atoms with Gasteiger partial charge in [0.2, 0.25) is 0 Å². The van der Waals surface area contributed by atoms with E-state index in [0.29, 0.717) is 25.3 Å². The first-order valence-electron chi connectivity index (χ1n) is 8.24. The first-order valence-corrected chi connectivity index (χ1v) is 8.24. The van der Waals surface area contributed by atoms with Gasteiger partial charge in [0.1, 0.15) is 11.6 Å². The summed E-state index contributed by atoms with van der Waals surface area (Å²) in [6.07, 6.45) is 2.22. The molecule has 0 aliphatic carbocycles. The number of benzene rings is 2. The highest BCUT2D eigenvalue weighted by Crippen LogP contribution is 2.27. The van der Waals surface area contributed by atoms with Gasteiger partial charge in [0.05, 0.1) is 0 Å². The van der Waals surface area contributed by atoms with Crippen LogP contribution in [0, 0.1) is 11.3 Å². The number of nitrogens with zero attached hydrogens (tertiary/aromatic N) is 2. The molecule has 0 atom stereocenters. The molecule has 6 nitrogen and oxygen atoms in total. The summed E-state index contributed by atoms with van der Waals surface area (Å²) in [6.45, 7) is 0.992. The van der Waals surface area contributed by atoms with Crippen molar-refractivity contribution < 1.29 is 9.53 Å². The minimum atomic E-state index is -0.417. The van der Waals surface area contributed by atoms with Crippen molar-refractivity contribution in [3.05, 3.63) is 66.4 Å². The average Bonchev–Trinajstić information content (AvgIpc) is 2.68. The largest absolute Gasteiger partial charge is 0.399 e. The number of ether oxygens (including phenoxy) is 1. The van der Waals surface area contributed by atoms with E-state index in [2.05, 4.69) is 5.32 Å². The fourth-order valence-electron chi connectivity index (χ4n) is 2.30. The Morgan fingerprint density at radius 1 is 1.19 bits per heavy atom. The molecule has 0 saturated carbocycles. The molecule has 0 aromatic heterocycles. The summed E-state index contributed by atoms with van der Waals surface area (Å²) in [5.41, 5.74) is 8.04. The van der Waals surface area contributed by atoms with Crippen molar-refractivity contribution in [1.29, 1.82) is 5.26 Å². The molecule has 26 heavy (non-hydrogen) atoms. The van der Waals surface area contributed by atoms with Crippen LogP contribution >= 0.6 is 0 Å². The van der Waals surface area contributed by atoms with Crippen LogP contribution in [-0.4, -0.2) is 26.2 Å². The number of nitrogen functional groups attached to an aromatic ring is 1. The van der Waals surface area contributed by atoms with E-state index in [1.165, 1.54) is 6.20 Å². The lowest BCUT2D eigenvalue weighted by atomic mass is 10.2. The van der Waals surface area contributed by atoms with Gasteiger partial charge < -0.3 is 20.7 Å². The van der Waals surface area contributed by atoms with E-state index in [1.807, 2.05) is 48.5 Å². The monoisotopic (exact) mass is 350 g/mol. The van der Waals surface area contributed by atoms with Crippen molar-refractivity contribution in [3.8, 4) is 6.07 Å². The van der Waals surface area contributed by atoms with E-state index in [4.69, 9.17) is 10.5 Å². The highest BCUT2D eigenvalue weighted by atomic mass is 16.5. The van der Waals surface area contributed by atoms with E-state index in [9.17, 15) is 10.1 Å². The van der Waals surface area contributed by atoms with Crippen LogP contribution in [0.2, 0.25) is 0 Å². The lowest BCUT2D eigenvalue weighted by molar-refractivity contribution is -0.117. The molecule has 1 amide bonds. The summed E-state index contributed by atoms with van der Waals surface area (Å²) in [7, 11) is 1.60. The fraction of sp³-hybridized carbons (Fsp3) is 0.200. The van der Waals surface area contributed by atoms with Gasteiger partial charge in [-0.15, -0.1) is 0 Å². The number of carbonyl (C=O) groups is 1. The molecule has 0 spiro atoms. The maximum Gasteiger partial charge on any atom is 0.263 e. The number of nitriles is 1. The summed E-state index contributed by atoms with van der Waals surface area (Å²) < 4.78 is 4.95. The SMILES string of the molecule is COCCCNC(=O)/C(C#N)=C\N(c1ccccc1)c1ccc(N)cc1. The third kappa shape index (κ3) is 5.36. The number of nitrogens with one attached hydrogen (secondary N) is 1. The van der Waals surface area contributed by atoms with Crippen molar-refractivity contribution in [1.82, 2.24) is 5.32 Å². The molecule has 0 saturated heterocycles. The van der Waals surface area contributed by atoms with Gasteiger partial charge in [0.15, 0.2) is 0 Å². The third-order valence-electron chi connectivity index (χ3n) is 3.64. The molecular weight excluding hydrogens is 328 g/mol. The lowest BCUT2D eigenvalue weighted by Crippen LogP contribution is -2.27. The van der Waals surface area contributed by atoms with Gasteiger partial charge >= 0.3 is 0 Å². The van der Waals surface area contributed by atoms with E-state index >= 15 is 0 Å². The van der Waals surface area contributed by atoms with Crippen LogP contribution in [0.1, 0.15) is 6.42 Å². The van der Waals surface area contributed by atoms with Crippen molar-refractivity contribution in [2.24, 2.45) is 0 Å². The van der Waals surface area contributed by atoms with Crippen molar-refractivity contribution >= 4 is 23.0 Å². The van der Waals surface area contributed by atoms with Crippen LogP contribution in [0.5, 0.6) is 0 Å². The third-order valence-corrected chi connectivity index (χ3v) is 3.64. The van der Waals surface area contributed by atoms with Gasteiger partial charge in [0.25, 0.3) is 5.91 Å². The summed E-state index contributed by atoms with van der Waals surface area (Å²) >= 11 is 0. The van der Waals surface area contributed by atoms with E-state index in [0.717, 1.165) is 11.4 Å². The molecule has 0 unspecified atom stereocenters. The second-order valence-corrected chi connectivity index (χ2v) is 5.55. The number of hydrogen-bond acceptors (Lipinski definition) is 5. The quantitative estimate of drug-likeness (QED) is 0.330. The van der Waals surface area contributed by atoms with Gasteiger partial charge in [-0.2, -0.15) is 5.26 Å². The van der Waals surface area contributed by atoms with Gasteiger partial charge in [-0.05, 0) is 42.8 Å². The maximum absolute atomic E-state index is 12.3. The zero-order valence-electron chi connectivity index (χ0n) is 14.7. The highest BCUT2D eigenvalue weighted by molar-refractivity contribution is 5.98. The van der Waals surface area contributed by atoms with Gasteiger partial charge in [-0.25, -0.2) is 0 Å². The van der Waals surface area contributed by atoms with Crippen LogP contribution in [0.25, 0.3) is 0 Å². The Balaban J connectivity index is 2.29. The smallest absolute Gasteiger partial charge is 0.263 e. The molecule has 0 aliphatic heterocycles. The minimum absolute atomic E-state index is 0.0168. The van der Waals surface area contributed by atoms with Gasteiger partial charge in [-0.3, -0.25) is 4.79 Å². The Hall–Kier alpha value is -3.30. The molecular formula is C20H22N4O2. The average molecular weight is 350 g/mol. The van der Waals surface area contributed by atoms with Crippen molar-refractivity contribution in [3.63, 3.8) is 0 Å². The number of para-hydroxylation sites is 1. The molecule has 2 rings (SSSR count). The first kappa shape index (κ1) is 19.0. The van der Waals surface area contributed by atoms with Crippen LogP contribution < -0.4 is 16.0 Å². The molecule has 3 N–H and O–H groups in total. The second-order valence-electron chi connectivity index (χ2n) is 5.55. The zero-order valence-corrected chi connectivity index (χ0v) is 14.7. The number of anilines is 3. The van der Waals surface area contributed by atoms with Crippen LogP contribution in [0.4, 0.5) is 17.1 Å². The number of rotatable bonds is 8. The zero-order chi connectivity index (χ0) is 18.8. The molecule has 0 bridgehead atoms. The predicted octanol–water partition coefficient (Wildman–Crippen LogP) is 2.97. The molecule has 0 fully saturated rings. The van der Waals surface area contributed by atoms with Crippen LogP contribution in [0.3, 0.4) is 0 Å². The summed E-state index contributed by atoms with van der Waals surface area (Å²) in [5, 5.41) is 12.2. The summed E-state index contributed by atoms with van der Waals surface area (Å²) in [4.78, 5) is 14.1. The minimum Gasteiger partial charge on any atom is -0.399 e. The summed E-state index contributed by atoms with van der Waals surface area (Å²) in [6, 6.07) is 18.7. The molecule has 6 heteroatoms. The molecule has 134 valence electrons. The van der Waals surface area contributed by atoms with Gasteiger partial charge in [0, 0.05) is 43.5 Å². The second kappa shape index (κ2) is 9.87. The van der Waals surface area contributed by atoms with Crippen molar-refractivity contribution in [2.75, 3.05) is 30.9 Å². The van der Waals surface area contributed by atoms with Crippen LogP contribution in [-0.2, 0) is 9.53 Å². The molecule has 0 radical (unpaired) electrons. The van der Waals surface area contributed by atoms with E-state index in [-0.39, 0.29) is 5.57 Å². The Kier molecular flexibility index (Phi) is 7.22. The van der Waals surface area contributed by atoms with Crippen molar-refractivity contribution in [2.45, 2.75) is 6.42 Å². The Bertz CT molecular complexity index is 780. The lowest BCUT2D eigenvalue weighted by Gasteiger charge is -2.21. The number of nitrogens with two attached hydrogens (primary N) is 1. The normalized spacial score (nSPS) is 10.8. The number of methoxy groups -OCH3 is 1. The molecule has 0 aliphatic rings. The standard InChI is InChI=1S/C20H22N4O2/c1-26-13-5-12-23-20(25)16(14-21)15-24(18-6-3-2-4-7-18)19-10-8-17(22)9-11-19/h2-4,6-11,15H,5,12-13,22H2,1H3,(H,23,25)/b16-15-. The Labute approximate surface area is 153 Å². The Morgan fingerprint density at radius 2 is 1.85 bits per heavy atom. The number of amides is 1. The molecule has 2 aromatic rings. The number of hydrogen-bond donors (Lipinski definition) is 2. The van der Waals surface area contributed by atoms with E-state index in [1.54, 1.807) is 24.1 Å². The topological polar surface area (TPSA) is 91.4 Å².